The Kier molecular flexibility index (Phi) is 7.78. The van der Waals surface area contributed by atoms with Crippen LogP contribution < -0.4 is 0 Å². The first-order chi connectivity index (χ1) is 22.6. The van der Waals surface area contributed by atoms with Crippen LogP contribution in [0.1, 0.15) is 78.1 Å². The molecule has 2 atom stereocenters. The first-order valence-electron chi connectivity index (χ1n) is 16.0. The highest BCUT2D eigenvalue weighted by molar-refractivity contribution is 7.23. The van der Waals surface area contributed by atoms with Gasteiger partial charge in [0.05, 0.1) is 45.6 Å². The summed E-state index contributed by atoms with van der Waals surface area (Å²) in [6.45, 7) is 20.4. The highest BCUT2D eigenvalue weighted by atomic mass is 32.1. The molecule has 250 valence electrons. The predicted molar refractivity (Wildman–Crippen MR) is 191 cm³/mol. The number of ether oxygens (including phenoxy) is 2. The third-order valence-electron chi connectivity index (χ3n) is 8.27. The maximum absolute atomic E-state index is 12.9. The number of likely N-dealkylation sites (tertiary alicyclic amines) is 2. The van der Waals surface area contributed by atoms with E-state index in [9.17, 15) is 9.59 Å². The lowest BCUT2D eigenvalue weighted by molar-refractivity contribution is 0.0211. The number of carbonyl (C=O) groups is 2. The molecule has 2 saturated heterocycles. The molecule has 1 aromatic carbocycles. The summed E-state index contributed by atoms with van der Waals surface area (Å²) in [6, 6.07) is 8.34. The number of rotatable bonds is 4. The maximum atomic E-state index is 12.9. The van der Waals surface area contributed by atoms with Gasteiger partial charge in [0.1, 0.15) is 22.9 Å². The normalized spacial score (nSPS) is 18.9. The van der Waals surface area contributed by atoms with Crippen molar-refractivity contribution in [2.24, 2.45) is 0 Å². The van der Waals surface area contributed by atoms with Crippen molar-refractivity contribution in [1.29, 1.82) is 0 Å². The molecule has 2 N–H and O–H groups in total. The number of imidazole rings is 2. The van der Waals surface area contributed by atoms with Crippen molar-refractivity contribution in [3.05, 3.63) is 72.6 Å². The SMILES string of the molecule is C=C1C[C@@H](c2ncc(-c3cc4cc5sc(-c6cnc([C@@H]7CC(=C)CN7C(=O)OC(C)(C)C)[nH]6)cc5cc4s3)[nH]2)N(C(=O)OC(C)(C)C)C1. The summed E-state index contributed by atoms with van der Waals surface area (Å²) in [5.41, 5.74) is 2.62. The number of amides is 2. The number of aromatic amines is 2. The molecule has 0 spiro atoms. The number of nitrogens with one attached hydrogen (secondary N) is 2. The van der Waals surface area contributed by atoms with Crippen molar-refractivity contribution in [1.82, 2.24) is 29.7 Å². The molecule has 0 radical (unpaired) electrons. The van der Waals surface area contributed by atoms with Crippen LogP contribution in [0.4, 0.5) is 9.59 Å². The summed E-state index contributed by atoms with van der Waals surface area (Å²) in [6.07, 6.45) is 4.26. The Morgan fingerprint density at radius 1 is 0.729 bits per heavy atom. The number of aromatic nitrogens is 4. The lowest BCUT2D eigenvalue weighted by Crippen LogP contribution is -2.36. The zero-order chi connectivity index (χ0) is 34.1. The lowest BCUT2D eigenvalue weighted by atomic mass is 10.1. The summed E-state index contributed by atoms with van der Waals surface area (Å²) in [5, 5.41) is 2.30. The number of carbonyl (C=O) groups excluding carboxylic acids is 2. The van der Waals surface area contributed by atoms with Crippen LogP contribution in [0, 0.1) is 0 Å². The van der Waals surface area contributed by atoms with Crippen molar-refractivity contribution >= 4 is 55.0 Å². The van der Waals surface area contributed by atoms with Crippen LogP contribution in [0.25, 0.3) is 41.3 Å². The Labute approximate surface area is 287 Å². The van der Waals surface area contributed by atoms with E-state index in [2.05, 4.69) is 57.4 Å². The monoisotopic (exact) mass is 684 g/mol. The van der Waals surface area contributed by atoms with Gasteiger partial charge in [-0.1, -0.05) is 24.3 Å². The summed E-state index contributed by atoms with van der Waals surface area (Å²) < 4.78 is 13.7. The minimum atomic E-state index is -0.580. The maximum Gasteiger partial charge on any atom is 0.411 e. The smallest absolute Gasteiger partial charge is 0.411 e. The van der Waals surface area contributed by atoms with Gasteiger partial charge in [0.15, 0.2) is 0 Å². The third-order valence-corrected chi connectivity index (χ3v) is 10.5. The summed E-state index contributed by atoms with van der Waals surface area (Å²) in [7, 11) is 0. The lowest BCUT2D eigenvalue weighted by Gasteiger charge is -2.27. The second-order valence-electron chi connectivity index (χ2n) is 14.7. The number of nitrogens with zero attached hydrogens (tertiary/aromatic N) is 4. The number of H-pyrrole nitrogens is 2. The molecule has 2 fully saturated rings. The Hall–Kier alpha value is -4.42. The fourth-order valence-corrected chi connectivity index (χ4v) is 8.33. The fraction of sp³-hybridized carbons (Fsp3) is 0.389. The largest absolute Gasteiger partial charge is 0.444 e. The molecular formula is C36H40N6O4S2. The second-order valence-corrected chi connectivity index (χ2v) is 16.8. The minimum Gasteiger partial charge on any atom is -0.444 e. The Balaban J connectivity index is 1.10. The Bertz CT molecular complexity index is 1890. The number of hydrogen-bond donors (Lipinski definition) is 2. The molecule has 12 heteroatoms. The molecule has 2 aliphatic rings. The Morgan fingerprint density at radius 2 is 1.12 bits per heavy atom. The Morgan fingerprint density at radius 3 is 1.50 bits per heavy atom. The molecule has 7 rings (SSSR count). The molecule has 0 unspecified atom stereocenters. The van der Waals surface area contributed by atoms with Crippen LogP contribution in [-0.4, -0.2) is 66.2 Å². The van der Waals surface area contributed by atoms with E-state index in [4.69, 9.17) is 9.47 Å². The van der Waals surface area contributed by atoms with E-state index in [0.29, 0.717) is 25.9 Å². The van der Waals surface area contributed by atoms with Crippen LogP contribution in [-0.2, 0) is 9.47 Å². The van der Waals surface area contributed by atoms with E-state index < -0.39 is 11.2 Å². The number of benzene rings is 1. The van der Waals surface area contributed by atoms with Crippen molar-refractivity contribution in [2.45, 2.75) is 77.7 Å². The molecule has 10 nitrogen and oxygen atoms in total. The van der Waals surface area contributed by atoms with Crippen molar-refractivity contribution in [3.8, 4) is 21.1 Å². The molecule has 5 aromatic rings. The van der Waals surface area contributed by atoms with Gasteiger partial charge in [-0.3, -0.25) is 9.80 Å². The highest BCUT2D eigenvalue weighted by Gasteiger charge is 2.38. The first kappa shape index (κ1) is 32.1. The van der Waals surface area contributed by atoms with Gasteiger partial charge < -0.3 is 19.4 Å². The standard InChI is InChI=1S/C36H40N6O4S2/c1-19-9-25(41(17-19)33(43)45-35(3,4)5)31-37-15-23(39-31)29-13-21-11-28-22(12-27(21)47-29)14-30(48-28)24-16-38-32(40-24)26-10-20(2)18-42(26)34(44)46-36(6,7)8/h11-16,25-26H,1-2,9-10,17-18H2,3-8H3,(H,37,39)(H,38,40)/t25-,26-/m0/s1. The predicted octanol–water partition coefficient (Wildman–Crippen LogP) is 9.37. The van der Waals surface area contributed by atoms with Gasteiger partial charge in [-0.05, 0) is 89.4 Å². The summed E-state index contributed by atoms with van der Waals surface area (Å²) in [4.78, 5) is 47.8. The second kappa shape index (κ2) is 11.6. The minimum absolute atomic E-state index is 0.241. The van der Waals surface area contributed by atoms with Gasteiger partial charge in [-0.15, -0.1) is 22.7 Å². The van der Waals surface area contributed by atoms with Gasteiger partial charge in [0.25, 0.3) is 0 Å². The zero-order valence-electron chi connectivity index (χ0n) is 28.1. The van der Waals surface area contributed by atoms with E-state index in [1.54, 1.807) is 32.5 Å². The van der Waals surface area contributed by atoms with E-state index in [0.717, 1.165) is 54.7 Å². The summed E-state index contributed by atoms with van der Waals surface area (Å²) in [5.74, 6) is 1.46. The van der Waals surface area contributed by atoms with Gasteiger partial charge in [0, 0.05) is 22.5 Å². The van der Waals surface area contributed by atoms with Crippen molar-refractivity contribution in [2.75, 3.05) is 13.1 Å². The average molecular weight is 685 g/mol. The third kappa shape index (κ3) is 6.38. The van der Waals surface area contributed by atoms with Gasteiger partial charge >= 0.3 is 12.2 Å². The molecule has 0 bridgehead atoms. The van der Waals surface area contributed by atoms with E-state index in [1.165, 1.54) is 9.40 Å². The van der Waals surface area contributed by atoms with Gasteiger partial charge in [-0.2, -0.15) is 0 Å². The fourth-order valence-electron chi connectivity index (χ4n) is 6.21. The molecule has 2 aliphatic heterocycles. The van der Waals surface area contributed by atoms with Crippen LogP contribution in [0.3, 0.4) is 0 Å². The topological polar surface area (TPSA) is 116 Å². The van der Waals surface area contributed by atoms with Crippen LogP contribution >= 0.6 is 22.7 Å². The van der Waals surface area contributed by atoms with Crippen molar-refractivity contribution in [3.63, 3.8) is 0 Å². The van der Waals surface area contributed by atoms with Gasteiger partial charge in [0.2, 0.25) is 0 Å². The molecule has 0 saturated carbocycles. The van der Waals surface area contributed by atoms with Crippen molar-refractivity contribution < 1.29 is 19.1 Å². The molecule has 2 amide bonds. The number of thiophene rings is 2. The summed E-state index contributed by atoms with van der Waals surface area (Å²) >= 11 is 3.40. The first-order valence-corrected chi connectivity index (χ1v) is 17.6. The molecule has 6 heterocycles. The van der Waals surface area contributed by atoms with Crippen LogP contribution in [0.15, 0.2) is 61.0 Å². The number of hydrogen-bond acceptors (Lipinski definition) is 8. The zero-order valence-corrected chi connectivity index (χ0v) is 29.7. The molecule has 4 aromatic heterocycles. The average Bonchev–Trinajstić information content (AvgIpc) is 3.80. The quantitative estimate of drug-likeness (QED) is 0.182. The van der Waals surface area contributed by atoms with E-state index in [1.807, 2.05) is 53.9 Å². The molecular weight excluding hydrogens is 645 g/mol. The van der Waals surface area contributed by atoms with E-state index >= 15 is 0 Å². The molecule has 0 aliphatic carbocycles. The van der Waals surface area contributed by atoms with E-state index in [-0.39, 0.29) is 24.3 Å². The van der Waals surface area contributed by atoms with Crippen LogP contribution in [0.2, 0.25) is 0 Å². The van der Waals surface area contributed by atoms with Crippen LogP contribution in [0.5, 0.6) is 0 Å². The van der Waals surface area contributed by atoms with Gasteiger partial charge in [-0.25, -0.2) is 19.6 Å². The molecule has 48 heavy (non-hydrogen) atoms. The highest BCUT2D eigenvalue weighted by Crippen LogP contribution is 2.42. The number of fused-ring (bicyclic) bond motifs is 2.